The number of anilines is 1. The SMILES string of the molecule is CC(c1ccc(Cl)cc1Cl)N(C)CC(=O)N1CCN(c2ccccc2F)CC1. The summed E-state index contributed by atoms with van der Waals surface area (Å²) < 4.78 is 14.0. The number of nitrogens with zero attached hydrogens (tertiary/aromatic N) is 3. The summed E-state index contributed by atoms with van der Waals surface area (Å²) in [4.78, 5) is 18.5. The predicted octanol–water partition coefficient (Wildman–Crippen LogP) is 4.47. The average Bonchev–Trinajstić information content (AvgIpc) is 2.68. The predicted molar refractivity (Wildman–Crippen MR) is 113 cm³/mol. The fraction of sp³-hybridized carbons (Fsp3) is 0.381. The van der Waals surface area contributed by atoms with E-state index in [0.29, 0.717) is 48.5 Å². The molecule has 0 bridgehead atoms. The minimum Gasteiger partial charge on any atom is -0.366 e. The van der Waals surface area contributed by atoms with Crippen LogP contribution in [0.15, 0.2) is 42.5 Å². The fourth-order valence-electron chi connectivity index (χ4n) is 3.43. The van der Waals surface area contributed by atoms with Crippen molar-refractivity contribution in [3.05, 3.63) is 63.9 Å². The molecule has 1 aliphatic rings. The number of hydrogen-bond donors (Lipinski definition) is 0. The van der Waals surface area contributed by atoms with Gasteiger partial charge in [0.05, 0.1) is 12.2 Å². The molecule has 1 saturated heterocycles. The molecule has 0 spiro atoms. The molecule has 150 valence electrons. The summed E-state index contributed by atoms with van der Waals surface area (Å²) in [6.07, 6.45) is 0. The molecule has 0 radical (unpaired) electrons. The third-order valence-electron chi connectivity index (χ3n) is 5.28. The van der Waals surface area contributed by atoms with Crippen LogP contribution in [0, 0.1) is 5.82 Å². The van der Waals surface area contributed by atoms with Crippen molar-refractivity contribution in [3.63, 3.8) is 0 Å². The van der Waals surface area contributed by atoms with Crippen LogP contribution in [0.5, 0.6) is 0 Å². The number of amides is 1. The highest BCUT2D eigenvalue weighted by molar-refractivity contribution is 6.35. The lowest BCUT2D eigenvalue weighted by Crippen LogP contribution is -2.51. The van der Waals surface area contributed by atoms with Crippen molar-refractivity contribution in [3.8, 4) is 0 Å². The first kappa shape index (κ1) is 20.9. The highest BCUT2D eigenvalue weighted by Gasteiger charge is 2.25. The zero-order valence-corrected chi connectivity index (χ0v) is 17.5. The van der Waals surface area contributed by atoms with Gasteiger partial charge in [-0.15, -0.1) is 0 Å². The van der Waals surface area contributed by atoms with Crippen molar-refractivity contribution in [2.75, 3.05) is 44.7 Å². The third kappa shape index (κ3) is 4.77. The smallest absolute Gasteiger partial charge is 0.236 e. The molecule has 2 aromatic carbocycles. The van der Waals surface area contributed by atoms with Gasteiger partial charge in [0.1, 0.15) is 5.82 Å². The number of hydrogen-bond acceptors (Lipinski definition) is 3. The van der Waals surface area contributed by atoms with Crippen LogP contribution in [-0.2, 0) is 4.79 Å². The highest BCUT2D eigenvalue weighted by Crippen LogP contribution is 2.29. The molecule has 0 saturated carbocycles. The van der Waals surface area contributed by atoms with E-state index in [-0.39, 0.29) is 17.8 Å². The van der Waals surface area contributed by atoms with Gasteiger partial charge in [0.15, 0.2) is 0 Å². The molecule has 1 unspecified atom stereocenters. The van der Waals surface area contributed by atoms with E-state index in [2.05, 4.69) is 0 Å². The summed E-state index contributed by atoms with van der Waals surface area (Å²) in [7, 11) is 1.91. The number of rotatable bonds is 5. The van der Waals surface area contributed by atoms with E-state index in [1.54, 1.807) is 24.3 Å². The van der Waals surface area contributed by atoms with Gasteiger partial charge in [-0.05, 0) is 43.8 Å². The van der Waals surface area contributed by atoms with Crippen molar-refractivity contribution in [1.82, 2.24) is 9.80 Å². The molecule has 1 aliphatic heterocycles. The summed E-state index contributed by atoms with van der Waals surface area (Å²) in [6.45, 7) is 4.70. The van der Waals surface area contributed by atoms with Gasteiger partial charge in [-0.2, -0.15) is 0 Å². The molecule has 1 fully saturated rings. The third-order valence-corrected chi connectivity index (χ3v) is 5.85. The quantitative estimate of drug-likeness (QED) is 0.709. The van der Waals surface area contributed by atoms with Crippen molar-refractivity contribution < 1.29 is 9.18 Å². The van der Waals surface area contributed by atoms with Gasteiger partial charge in [0, 0.05) is 42.3 Å². The van der Waals surface area contributed by atoms with Gasteiger partial charge in [0.25, 0.3) is 0 Å². The Bertz CT molecular complexity index is 840. The number of para-hydroxylation sites is 1. The van der Waals surface area contributed by atoms with Crippen LogP contribution in [0.25, 0.3) is 0 Å². The molecule has 0 aromatic heterocycles. The molecule has 28 heavy (non-hydrogen) atoms. The Morgan fingerprint density at radius 3 is 2.46 bits per heavy atom. The Labute approximate surface area is 175 Å². The summed E-state index contributed by atoms with van der Waals surface area (Å²) in [5.74, 6) is -0.164. The van der Waals surface area contributed by atoms with Crippen molar-refractivity contribution >= 4 is 34.8 Å². The van der Waals surface area contributed by atoms with E-state index in [0.717, 1.165) is 5.56 Å². The monoisotopic (exact) mass is 423 g/mol. The van der Waals surface area contributed by atoms with E-state index >= 15 is 0 Å². The van der Waals surface area contributed by atoms with E-state index in [4.69, 9.17) is 23.2 Å². The molecule has 2 aromatic rings. The summed E-state index contributed by atoms with van der Waals surface area (Å²) >= 11 is 12.3. The van der Waals surface area contributed by atoms with Crippen LogP contribution >= 0.6 is 23.2 Å². The molecule has 7 heteroatoms. The molecule has 1 heterocycles. The van der Waals surface area contributed by atoms with Gasteiger partial charge in [-0.25, -0.2) is 4.39 Å². The van der Waals surface area contributed by atoms with E-state index < -0.39 is 0 Å². The number of likely N-dealkylation sites (N-methyl/N-ethyl adjacent to an activating group) is 1. The highest BCUT2D eigenvalue weighted by atomic mass is 35.5. The Morgan fingerprint density at radius 1 is 1.14 bits per heavy atom. The van der Waals surface area contributed by atoms with E-state index in [1.807, 2.05) is 40.8 Å². The first-order chi connectivity index (χ1) is 13.4. The zero-order valence-electron chi connectivity index (χ0n) is 16.0. The number of carbonyl (C=O) groups is 1. The lowest BCUT2D eigenvalue weighted by molar-refractivity contribution is -0.132. The molecule has 1 amide bonds. The number of benzene rings is 2. The molecule has 1 atom stereocenters. The van der Waals surface area contributed by atoms with Crippen LogP contribution in [0.4, 0.5) is 10.1 Å². The van der Waals surface area contributed by atoms with E-state index in [1.165, 1.54) is 6.07 Å². The molecule has 4 nitrogen and oxygen atoms in total. The van der Waals surface area contributed by atoms with Gasteiger partial charge in [0.2, 0.25) is 5.91 Å². The Balaban J connectivity index is 1.56. The Kier molecular flexibility index (Phi) is 6.81. The zero-order chi connectivity index (χ0) is 20.3. The van der Waals surface area contributed by atoms with E-state index in [9.17, 15) is 9.18 Å². The molecule has 0 N–H and O–H groups in total. The second-order valence-corrected chi connectivity index (χ2v) is 7.92. The Hall–Kier alpha value is -1.82. The second-order valence-electron chi connectivity index (χ2n) is 7.08. The van der Waals surface area contributed by atoms with Gasteiger partial charge in [-0.1, -0.05) is 41.4 Å². The number of halogens is 3. The molecular weight excluding hydrogens is 400 g/mol. The van der Waals surface area contributed by atoms with Crippen LogP contribution in [-0.4, -0.2) is 55.5 Å². The average molecular weight is 424 g/mol. The van der Waals surface area contributed by atoms with Crippen molar-refractivity contribution in [2.24, 2.45) is 0 Å². The Morgan fingerprint density at radius 2 is 1.82 bits per heavy atom. The largest absolute Gasteiger partial charge is 0.366 e. The standard InChI is InChI=1S/C21H24Cl2FN3O/c1-15(17-8-7-16(22)13-18(17)23)25(2)14-21(28)27-11-9-26(10-12-27)20-6-4-3-5-19(20)24/h3-8,13,15H,9-12,14H2,1-2H3. The van der Waals surface area contributed by atoms with Gasteiger partial charge in [-0.3, -0.25) is 9.69 Å². The van der Waals surface area contributed by atoms with Gasteiger partial charge >= 0.3 is 0 Å². The minimum atomic E-state index is -0.226. The topological polar surface area (TPSA) is 26.8 Å². The molecule has 0 aliphatic carbocycles. The maximum Gasteiger partial charge on any atom is 0.236 e. The number of piperazine rings is 1. The lowest BCUT2D eigenvalue weighted by atomic mass is 10.1. The summed E-state index contributed by atoms with van der Waals surface area (Å²) in [6, 6.07) is 12.1. The van der Waals surface area contributed by atoms with Crippen LogP contribution in [0.1, 0.15) is 18.5 Å². The maximum atomic E-state index is 14.0. The summed E-state index contributed by atoms with van der Waals surface area (Å²) in [5.41, 5.74) is 1.53. The second kappa shape index (κ2) is 9.12. The van der Waals surface area contributed by atoms with Crippen LogP contribution < -0.4 is 4.90 Å². The molecular formula is C21H24Cl2FN3O. The fourth-order valence-corrected chi connectivity index (χ4v) is 4.00. The van der Waals surface area contributed by atoms with Gasteiger partial charge < -0.3 is 9.80 Å². The minimum absolute atomic E-state index is 0.0200. The molecule has 3 rings (SSSR count). The first-order valence-corrected chi connectivity index (χ1v) is 10.0. The van der Waals surface area contributed by atoms with Crippen molar-refractivity contribution in [1.29, 1.82) is 0 Å². The lowest BCUT2D eigenvalue weighted by Gasteiger charge is -2.37. The van der Waals surface area contributed by atoms with Crippen LogP contribution in [0.3, 0.4) is 0 Å². The summed E-state index contributed by atoms with van der Waals surface area (Å²) in [5, 5.41) is 1.19. The number of carbonyl (C=O) groups excluding carboxylic acids is 1. The van der Waals surface area contributed by atoms with Crippen molar-refractivity contribution in [2.45, 2.75) is 13.0 Å². The van der Waals surface area contributed by atoms with Crippen LogP contribution in [0.2, 0.25) is 10.0 Å². The normalized spacial score (nSPS) is 15.8. The first-order valence-electron chi connectivity index (χ1n) is 9.29. The maximum absolute atomic E-state index is 14.0.